The van der Waals surface area contributed by atoms with E-state index in [0.29, 0.717) is 28.3 Å². The molecule has 1 aliphatic rings. The second-order valence-electron chi connectivity index (χ2n) is 7.46. The number of pyridine rings is 2. The third-order valence-electron chi connectivity index (χ3n) is 5.36. The van der Waals surface area contributed by atoms with E-state index in [4.69, 9.17) is 0 Å². The summed E-state index contributed by atoms with van der Waals surface area (Å²) in [4.78, 5) is 9.02. The summed E-state index contributed by atoms with van der Waals surface area (Å²) in [6.07, 6.45) is 5.64. The molecule has 0 aliphatic carbocycles. The maximum atomic E-state index is 14.6. The van der Waals surface area contributed by atoms with Crippen LogP contribution in [0.5, 0.6) is 5.75 Å². The van der Waals surface area contributed by atoms with Crippen LogP contribution in [0.1, 0.15) is 12.8 Å². The number of halogens is 1. The Balaban J connectivity index is 1.51. The van der Waals surface area contributed by atoms with Crippen LogP contribution < -0.4 is 10.6 Å². The Bertz CT molecular complexity index is 1210. The van der Waals surface area contributed by atoms with Crippen molar-refractivity contribution in [1.82, 2.24) is 25.1 Å². The number of nitrogens with zero attached hydrogens (tertiary/aromatic N) is 4. The van der Waals surface area contributed by atoms with Crippen LogP contribution in [-0.2, 0) is 7.05 Å². The molecule has 0 saturated carbocycles. The van der Waals surface area contributed by atoms with Crippen molar-refractivity contribution in [2.75, 3.05) is 18.4 Å². The molecule has 0 radical (unpaired) electrons. The average molecular weight is 392 g/mol. The Labute approximate surface area is 166 Å². The number of fused-ring (bicyclic) bond motifs is 2. The zero-order valence-electron chi connectivity index (χ0n) is 16.0. The molecule has 0 unspecified atom stereocenters. The SMILES string of the molecule is Cn1cc2cc(-c3ccc4cc(NC5CCNCC5)cnc4n3)c(O)c(F)c2n1. The molecule has 0 spiro atoms. The third-order valence-corrected chi connectivity index (χ3v) is 5.36. The van der Waals surface area contributed by atoms with Crippen LogP contribution in [0, 0.1) is 5.82 Å². The van der Waals surface area contributed by atoms with E-state index in [0.717, 1.165) is 37.0 Å². The summed E-state index contributed by atoms with van der Waals surface area (Å²) in [6.45, 7) is 2.04. The van der Waals surface area contributed by atoms with Crippen LogP contribution >= 0.6 is 0 Å². The highest BCUT2D eigenvalue weighted by molar-refractivity contribution is 5.89. The van der Waals surface area contributed by atoms with E-state index < -0.39 is 11.6 Å². The number of hydrogen-bond donors (Lipinski definition) is 3. The Morgan fingerprint density at radius 3 is 2.86 bits per heavy atom. The fraction of sp³-hybridized carbons (Fsp3) is 0.286. The number of nitrogens with one attached hydrogen (secondary N) is 2. The number of benzene rings is 1. The van der Waals surface area contributed by atoms with Gasteiger partial charge in [0.15, 0.2) is 17.2 Å². The predicted octanol–water partition coefficient (Wildman–Crippen LogP) is 3.19. The van der Waals surface area contributed by atoms with Crippen LogP contribution in [0.25, 0.3) is 33.2 Å². The number of phenolic OH excluding ortho intramolecular Hbond substituents is 1. The van der Waals surface area contributed by atoms with E-state index in [1.54, 1.807) is 31.6 Å². The number of anilines is 1. The van der Waals surface area contributed by atoms with Crippen LogP contribution in [0.2, 0.25) is 0 Å². The number of rotatable bonds is 3. The summed E-state index contributed by atoms with van der Waals surface area (Å²) in [6, 6.07) is 7.82. The first kappa shape index (κ1) is 17.8. The lowest BCUT2D eigenvalue weighted by atomic mass is 10.1. The first-order valence-electron chi connectivity index (χ1n) is 9.68. The summed E-state index contributed by atoms with van der Waals surface area (Å²) in [5, 5.41) is 22.8. The molecule has 4 aromatic rings. The fourth-order valence-electron chi connectivity index (χ4n) is 3.87. The van der Waals surface area contributed by atoms with E-state index in [2.05, 4.69) is 25.7 Å². The van der Waals surface area contributed by atoms with Gasteiger partial charge < -0.3 is 15.7 Å². The molecule has 148 valence electrons. The molecule has 8 heteroatoms. The second kappa shape index (κ2) is 6.97. The van der Waals surface area contributed by atoms with E-state index >= 15 is 0 Å². The molecule has 1 aliphatic heterocycles. The minimum atomic E-state index is -0.741. The molecule has 1 aromatic carbocycles. The molecule has 3 aromatic heterocycles. The Hall–Kier alpha value is -3.26. The van der Waals surface area contributed by atoms with E-state index in [1.165, 1.54) is 4.68 Å². The highest BCUT2D eigenvalue weighted by Crippen LogP contribution is 2.35. The highest BCUT2D eigenvalue weighted by Gasteiger charge is 2.18. The van der Waals surface area contributed by atoms with Gasteiger partial charge in [-0.05, 0) is 50.2 Å². The number of piperidine rings is 1. The van der Waals surface area contributed by atoms with Crippen molar-refractivity contribution >= 4 is 27.6 Å². The molecule has 3 N–H and O–H groups in total. The van der Waals surface area contributed by atoms with E-state index in [1.807, 2.05) is 12.1 Å². The largest absolute Gasteiger partial charge is 0.504 e. The van der Waals surface area contributed by atoms with E-state index in [9.17, 15) is 9.50 Å². The summed E-state index contributed by atoms with van der Waals surface area (Å²) in [5.74, 6) is -1.19. The van der Waals surface area contributed by atoms with Crippen LogP contribution in [0.4, 0.5) is 10.1 Å². The van der Waals surface area contributed by atoms with Gasteiger partial charge in [0.1, 0.15) is 5.52 Å². The van der Waals surface area contributed by atoms with Gasteiger partial charge in [0, 0.05) is 35.6 Å². The molecule has 0 bridgehead atoms. The van der Waals surface area contributed by atoms with Crippen molar-refractivity contribution in [1.29, 1.82) is 0 Å². The third kappa shape index (κ3) is 3.25. The first-order chi connectivity index (χ1) is 14.1. The smallest absolute Gasteiger partial charge is 0.193 e. The monoisotopic (exact) mass is 392 g/mol. The zero-order chi connectivity index (χ0) is 20.0. The van der Waals surface area contributed by atoms with Gasteiger partial charge in [0.25, 0.3) is 0 Å². The summed E-state index contributed by atoms with van der Waals surface area (Å²) < 4.78 is 16.1. The van der Waals surface area contributed by atoms with Gasteiger partial charge in [0.2, 0.25) is 0 Å². The van der Waals surface area contributed by atoms with Gasteiger partial charge in [-0.15, -0.1) is 0 Å². The van der Waals surface area contributed by atoms with Crippen molar-refractivity contribution in [3.05, 3.63) is 42.5 Å². The van der Waals surface area contributed by atoms with Gasteiger partial charge >= 0.3 is 0 Å². The molecule has 1 fully saturated rings. The van der Waals surface area contributed by atoms with Gasteiger partial charge in [-0.2, -0.15) is 5.10 Å². The number of hydrogen-bond acceptors (Lipinski definition) is 6. The maximum Gasteiger partial charge on any atom is 0.193 e. The normalized spacial score (nSPS) is 15.2. The minimum absolute atomic E-state index is 0.140. The zero-order valence-corrected chi connectivity index (χ0v) is 16.0. The second-order valence-corrected chi connectivity index (χ2v) is 7.46. The van der Waals surface area contributed by atoms with Crippen LogP contribution in [0.3, 0.4) is 0 Å². The van der Waals surface area contributed by atoms with Gasteiger partial charge in [-0.3, -0.25) is 4.68 Å². The van der Waals surface area contributed by atoms with Crippen molar-refractivity contribution < 1.29 is 9.50 Å². The highest BCUT2D eigenvalue weighted by atomic mass is 19.1. The Morgan fingerprint density at radius 2 is 2.03 bits per heavy atom. The lowest BCUT2D eigenvalue weighted by Crippen LogP contribution is -2.35. The topological polar surface area (TPSA) is 87.9 Å². The number of aryl methyl sites for hydroxylation is 1. The molecule has 0 amide bonds. The number of aromatic nitrogens is 4. The Morgan fingerprint density at radius 1 is 1.21 bits per heavy atom. The molecule has 29 heavy (non-hydrogen) atoms. The van der Waals surface area contributed by atoms with Crippen LogP contribution in [0.15, 0.2) is 36.7 Å². The standard InChI is InChI=1S/C21H21FN6O/c1-28-11-13-9-16(20(29)18(22)19(13)27-28)17-3-2-12-8-15(10-24-21(12)26-17)25-14-4-6-23-7-5-14/h2-3,8-11,14,23,25,29H,4-7H2,1H3. The number of phenols is 1. The number of aromatic hydroxyl groups is 1. The van der Waals surface area contributed by atoms with Gasteiger partial charge in [-0.25, -0.2) is 14.4 Å². The van der Waals surface area contributed by atoms with Crippen molar-refractivity contribution in [2.45, 2.75) is 18.9 Å². The molecular weight excluding hydrogens is 371 g/mol. The minimum Gasteiger partial charge on any atom is -0.504 e. The van der Waals surface area contributed by atoms with Gasteiger partial charge in [0.05, 0.1) is 17.6 Å². The predicted molar refractivity (Wildman–Crippen MR) is 110 cm³/mol. The van der Waals surface area contributed by atoms with Crippen molar-refractivity contribution in [3.8, 4) is 17.0 Å². The molecule has 4 heterocycles. The molecule has 5 rings (SSSR count). The Kier molecular flexibility index (Phi) is 4.28. The average Bonchev–Trinajstić information content (AvgIpc) is 3.12. The molecule has 1 saturated heterocycles. The quantitative estimate of drug-likeness (QED) is 0.496. The molecule has 0 atom stereocenters. The lowest BCUT2D eigenvalue weighted by molar-refractivity contribution is 0.437. The van der Waals surface area contributed by atoms with Crippen molar-refractivity contribution in [3.63, 3.8) is 0 Å². The van der Waals surface area contributed by atoms with Crippen LogP contribution in [-0.4, -0.2) is 44.0 Å². The first-order valence-corrected chi connectivity index (χ1v) is 9.68. The van der Waals surface area contributed by atoms with E-state index in [-0.39, 0.29) is 5.52 Å². The van der Waals surface area contributed by atoms with Gasteiger partial charge in [-0.1, -0.05) is 0 Å². The fourth-order valence-corrected chi connectivity index (χ4v) is 3.87. The summed E-state index contributed by atoms with van der Waals surface area (Å²) in [5.41, 5.74) is 2.44. The lowest BCUT2D eigenvalue weighted by Gasteiger charge is -2.24. The van der Waals surface area contributed by atoms with Crippen molar-refractivity contribution in [2.24, 2.45) is 7.05 Å². The summed E-state index contributed by atoms with van der Waals surface area (Å²) >= 11 is 0. The summed E-state index contributed by atoms with van der Waals surface area (Å²) in [7, 11) is 1.71. The molecule has 7 nitrogen and oxygen atoms in total. The molecular formula is C21H21FN6O. The maximum absolute atomic E-state index is 14.6.